The van der Waals surface area contributed by atoms with Crippen molar-refractivity contribution in [2.24, 2.45) is 0 Å². The molecule has 1 aliphatic heterocycles. The van der Waals surface area contributed by atoms with Gasteiger partial charge in [0.1, 0.15) is 11.3 Å². The summed E-state index contributed by atoms with van der Waals surface area (Å²) in [6.45, 7) is 6.76. The van der Waals surface area contributed by atoms with E-state index in [0.717, 1.165) is 44.0 Å². The maximum absolute atomic E-state index is 12.3. The molecule has 4 nitrogen and oxygen atoms in total. The van der Waals surface area contributed by atoms with E-state index in [-0.39, 0.29) is 5.91 Å². The lowest BCUT2D eigenvalue weighted by Crippen LogP contribution is -2.48. The van der Waals surface area contributed by atoms with Crippen molar-refractivity contribution in [3.05, 3.63) is 29.8 Å². The summed E-state index contributed by atoms with van der Waals surface area (Å²) in [5.41, 5.74) is 1.19. The Morgan fingerprint density at radius 1 is 1.21 bits per heavy atom. The lowest BCUT2D eigenvalue weighted by Gasteiger charge is -2.34. The molecule has 0 saturated carbocycles. The van der Waals surface area contributed by atoms with Gasteiger partial charge in [-0.2, -0.15) is 0 Å². The zero-order valence-electron chi connectivity index (χ0n) is 11.1. The predicted molar refractivity (Wildman–Crippen MR) is 78.9 cm³/mol. The highest BCUT2D eigenvalue weighted by atomic mass is 79.9. The van der Waals surface area contributed by atoms with Crippen LogP contribution in [0.4, 0.5) is 0 Å². The van der Waals surface area contributed by atoms with Gasteiger partial charge in [-0.25, -0.2) is 0 Å². The molecule has 0 atom stereocenters. The minimum absolute atomic E-state index is 0.112. The van der Waals surface area contributed by atoms with Crippen LogP contribution in [0.1, 0.15) is 17.3 Å². The third-order valence-corrected chi connectivity index (χ3v) is 3.66. The molecule has 0 spiro atoms. The highest BCUT2D eigenvalue weighted by Gasteiger charge is 2.21. The number of alkyl halides is 1. The Morgan fingerprint density at radius 3 is 2.37 bits per heavy atom. The van der Waals surface area contributed by atoms with Crippen LogP contribution < -0.4 is 4.74 Å². The van der Waals surface area contributed by atoms with Crippen molar-refractivity contribution in [3.63, 3.8) is 0 Å². The van der Waals surface area contributed by atoms with Crippen LogP contribution in [0.25, 0.3) is 0 Å². The fraction of sp³-hybridized carbons (Fsp3) is 0.500. The molecule has 1 saturated heterocycles. The van der Waals surface area contributed by atoms with Crippen LogP contribution in [0.5, 0.6) is 5.75 Å². The lowest BCUT2D eigenvalue weighted by atomic mass is 10.1. The van der Waals surface area contributed by atoms with Crippen LogP contribution >= 0.6 is 15.9 Å². The first-order chi connectivity index (χ1) is 9.24. The summed E-state index contributed by atoms with van der Waals surface area (Å²) in [7, 11) is 0. The van der Waals surface area contributed by atoms with Crippen LogP contribution in [0, 0.1) is 0 Å². The Kier molecular flexibility index (Phi) is 5.22. The van der Waals surface area contributed by atoms with Crippen LogP contribution in [0.3, 0.4) is 0 Å². The number of hydrogen-bond acceptors (Lipinski definition) is 3. The molecule has 1 aromatic carbocycles. The van der Waals surface area contributed by atoms with Crippen molar-refractivity contribution in [3.8, 4) is 5.75 Å². The Morgan fingerprint density at radius 2 is 1.84 bits per heavy atom. The fourth-order valence-corrected chi connectivity index (χ4v) is 2.47. The van der Waals surface area contributed by atoms with Gasteiger partial charge >= 0.3 is 0 Å². The van der Waals surface area contributed by atoms with Crippen molar-refractivity contribution in [1.82, 2.24) is 9.80 Å². The third-order valence-electron chi connectivity index (χ3n) is 3.43. The van der Waals surface area contributed by atoms with Crippen molar-refractivity contribution in [2.45, 2.75) is 6.92 Å². The van der Waals surface area contributed by atoms with E-state index in [4.69, 9.17) is 4.74 Å². The molecule has 1 amide bonds. The Bertz CT molecular complexity index is 414. The molecule has 0 bridgehead atoms. The molecule has 0 unspecified atom stereocenters. The molecular weight excluding hydrogens is 308 g/mol. The molecule has 2 rings (SSSR count). The number of ether oxygens (including phenoxy) is 1. The van der Waals surface area contributed by atoms with Gasteiger partial charge in [0.25, 0.3) is 5.91 Å². The van der Waals surface area contributed by atoms with E-state index in [1.165, 1.54) is 0 Å². The van der Waals surface area contributed by atoms with Crippen molar-refractivity contribution in [2.75, 3.05) is 38.2 Å². The summed E-state index contributed by atoms with van der Waals surface area (Å²) in [6.07, 6.45) is 0. The molecule has 19 heavy (non-hydrogen) atoms. The summed E-state index contributed by atoms with van der Waals surface area (Å²) < 4.78 is 5.30. The maximum Gasteiger partial charge on any atom is 0.253 e. The largest absolute Gasteiger partial charge is 0.482 e. The fourth-order valence-electron chi connectivity index (χ4n) is 2.21. The normalized spacial score (nSPS) is 16.4. The van der Waals surface area contributed by atoms with Gasteiger partial charge in [0.05, 0.1) is 0 Å². The molecular formula is C14H19BrN2O2. The summed E-state index contributed by atoms with van der Waals surface area (Å²) >= 11 is 3.21. The summed E-state index contributed by atoms with van der Waals surface area (Å²) in [6, 6.07) is 7.31. The molecule has 1 aliphatic rings. The molecule has 0 aromatic heterocycles. The second-order valence-electron chi connectivity index (χ2n) is 4.50. The number of carbonyl (C=O) groups excluding carboxylic acids is 1. The van der Waals surface area contributed by atoms with Gasteiger partial charge in [-0.05, 0) is 46.7 Å². The van der Waals surface area contributed by atoms with Crippen molar-refractivity contribution < 1.29 is 9.53 Å². The van der Waals surface area contributed by atoms with Gasteiger partial charge in [0.15, 0.2) is 0 Å². The van der Waals surface area contributed by atoms with Crippen molar-refractivity contribution in [1.29, 1.82) is 0 Å². The zero-order chi connectivity index (χ0) is 13.7. The second kappa shape index (κ2) is 6.91. The number of carbonyl (C=O) groups is 1. The standard InChI is InChI=1S/C14H19BrN2O2/c1-2-16-7-9-17(10-8-16)14(18)12-3-5-13(6-4-12)19-11-15/h3-6H,2,7-11H2,1H3. The number of benzene rings is 1. The Labute approximate surface area is 122 Å². The third kappa shape index (κ3) is 3.70. The van der Waals surface area contributed by atoms with Gasteiger partial charge in [0, 0.05) is 31.7 Å². The highest BCUT2D eigenvalue weighted by molar-refractivity contribution is 9.09. The van der Waals surface area contributed by atoms with E-state index in [0.29, 0.717) is 5.52 Å². The topological polar surface area (TPSA) is 32.8 Å². The molecule has 1 heterocycles. The molecule has 1 fully saturated rings. The van der Waals surface area contributed by atoms with E-state index >= 15 is 0 Å². The number of piperazine rings is 1. The van der Waals surface area contributed by atoms with E-state index in [1.807, 2.05) is 29.2 Å². The number of amides is 1. The van der Waals surface area contributed by atoms with Gasteiger partial charge in [-0.15, -0.1) is 0 Å². The maximum atomic E-state index is 12.3. The highest BCUT2D eigenvalue weighted by Crippen LogP contribution is 2.15. The number of rotatable bonds is 4. The van der Waals surface area contributed by atoms with Crippen molar-refractivity contribution >= 4 is 21.8 Å². The summed E-state index contributed by atoms with van der Waals surface area (Å²) in [5, 5.41) is 0. The predicted octanol–water partition coefficient (Wildman–Crippen LogP) is 2.20. The van der Waals surface area contributed by atoms with Crippen LogP contribution in [0.15, 0.2) is 24.3 Å². The number of halogens is 1. The second-order valence-corrected chi connectivity index (χ2v) is 4.96. The minimum Gasteiger partial charge on any atom is -0.482 e. The van der Waals surface area contributed by atoms with E-state index < -0.39 is 0 Å². The van der Waals surface area contributed by atoms with Crippen LogP contribution in [-0.4, -0.2) is 53.9 Å². The monoisotopic (exact) mass is 326 g/mol. The quantitative estimate of drug-likeness (QED) is 0.795. The first kappa shape index (κ1) is 14.3. The first-order valence-electron chi connectivity index (χ1n) is 6.55. The molecule has 104 valence electrons. The van der Waals surface area contributed by atoms with Gasteiger partial charge < -0.3 is 14.5 Å². The van der Waals surface area contributed by atoms with E-state index in [2.05, 4.69) is 27.8 Å². The molecule has 0 N–H and O–H groups in total. The number of hydrogen-bond donors (Lipinski definition) is 0. The zero-order valence-corrected chi connectivity index (χ0v) is 12.7. The Balaban J connectivity index is 1.96. The van der Waals surface area contributed by atoms with E-state index in [9.17, 15) is 4.79 Å². The van der Waals surface area contributed by atoms with Crippen LogP contribution in [0.2, 0.25) is 0 Å². The van der Waals surface area contributed by atoms with Crippen LogP contribution in [-0.2, 0) is 0 Å². The van der Waals surface area contributed by atoms with Gasteiger partial charge in [0.2, 0.25) is 0 Å². The number of likely N-dealkylation sites (N-methyl/N-ethyl adjacent to an activating group) is 1. The molecule has 1 aromatic rings. The molecule has 0 aliphatic carbocycles. The number of nitrogens with zero attached hydrogens (tertiary/aromatic N) is 2. The average Bonchev–Trinajstić information content (AvgIpc) is 2.48. The van der Waals surface area contributed by atoms with Gasteiger partial charge in [-0.3, -0.25) is 4.79 Å². The molecule has 5 heteroatoms. The van der Waals surface area contributed by atoms with E-state index in [1.54, 1.807) is 0 Å². The van der Waals surface area contributed by atoms with Gasteiger partial charge in [-0.1, -0.05) is 6.92 Å². The first-order valence-corrected chi connectivity index (χ1v) is 7.67. The Hall–Kier alpha value is -1.07. The SMILES string of the molecule is CCN1CCN(C(=O)c2ccc(OCBr)cc2)CC1. The summed E-state index contributed by atoms with van der Waals surface area (Å²) in [4.78, 5) is 16.6. The molecule has 0 radical (unpaired) electrons. The minimum atomic E-state index is 0.112. The smallest absolute Gasteiger partial charge is 0.253 e. The lowest BCUT2D eigenvalue weighted by molar-refractivity contribution is 0.0643. The average molecular weight is 327 g/mol. The summed E-state index contributed by atoms with van der Waals surface area (Å²) in [5.74, 6) is 0.880.